The van der Waals surface area contributed by atoms with Crippen molar-refractivity contribution in [3.05, 3.63) is 23.8 Å². The molecule has 0 aliphatic heterocycles. The second kappa shape index (κ2) is 4.73. The van der Waals surface area contributed by atoms with E-state index in [9.17, 15) is 18.0 Å². The molecule has 108 valence electrons. The van der Waals surface area contributed by atoms with Gasteiger partial charge < -0.3 is 5.32 Å². The minimum absolute atomic E-state index is 0.130. The molecule has 0 atom stereocenters. The van der Waals surface area contributed by atoms with Gasteiger partial charge in [-0.25, -0.2) is 4.98 Å². The number of rotatable bonds is 1. The van der Waals surface area contributed by atoms with E-state index in [2.05, 4.69) is 10.3 Å². The number of benzene rings is 1. The highest BCUT2D eigenvalue weighted by atomic mass is 32.1. The summed E-state index contributed by atoms with van der Waals surface area (Å²) >= 11 is 1.03. The minimum atomic E-state index is -4.46. The number of alkyl halides is 3. The maximum absolute atomic E-state index is 12.9. The van der Waals surface area contributed by atoms with E-state index in [-0.39, 0.29) is 16.6 Å². The summed E-state index contributed by atoms with van der Waals surface area (Å²) in [7, 11) is 0. The molecule has 1 aromatic carbocycles. The second-order valence-corrected chi connectivity index (χ2v) is 6.40. The van der Waals surface area contributed by atoms with Gasteiger partial charge in [0.25, 0.3) is 0 Å². The third-order valence-electron chi connectivity index (χ3n) is 2.63. The van der Waals surface area contributed by atoms with Crippen molar-refractivity contribution in [1.82, 2.24) is 4.98 Å². The zero-order valence-corrected chi connectivity index (χ0v) is 11.9. The highest BCUT2D eigenvalue weighted by Crippen LogP contribution is 2.37. The quantitative estimate of drug-likeness (QED) is 0.853. The van der Waals surface area contributed by atoms with Crippen LogP contribution >= 0.6 is 11.3 Å². The molecule has 2 rings (SSSR count). The van der Waals surface area contributed by atoms with E-state index in [4.69, 9.17) is 0 Å². The van der Waals surface area contributed by atoms with Gasteiger partial charge in [0.05, 0.1) is 15.8 Å². The fourth-order valence-corrected chi connectivity index (χ4v) is 2.40. The van der Waals surface area contributed by atoms with Gasteiger partial charge in [-0.15, -0.1) is 0 Å². The number of anilines is 1. The van der Waals surface area contributed by atoms with Crippen LogP contribution in [-0.2, 0) is 11.0 Å². The van der Waals surface area contributed by atoms with Crippen molar-refractivity contribution in [2.75, 3.05) is 5.32 Å². The van der Waals surface area contributed by atoms with Gasteiger partial charge in [0.1, 0.15) is 0 Å². The van der Waals surface area contributed by atoms with Gasteiger partial charge in [-0.2, -0.15) is 13.2 Å². The van der Waals surface area contributed by atoms with Gasteiger partial charge >= 0.3 is 6.18 Å². The predicted octanol–water partition coefficient (Wildman–Crippen LogP) is 4.30. The Balaban J connectivity index is 2.42. The summed E-state index contributed by atoms with van der Waals surface area (Å²) in [6.45, 7) is 5.16. The summed E-state index contributed by atoms with van der Waals surface area (Å²) in [6, 6.07) is 3.87. The van der Waals surface area contributed by atoms with Crippen LogP contribution in [0.4, 0.5) is 18.3 Å². The Bertz CT molecular complexity index is 656. The zero-order valence-electron chi connectivity index (χ0n) is 11.1. The number of para-hydroxylation sites is 1. The molecular formula is C13H13F3N2OS. The summed E-state index contributed by atoms with van der Waals surface area (Å²) < 4.78 is 39.0. The third kappa shape index (κ3) is 2.92. The molecule has 0 aliphatic rings. The first-order valence-electron chi connectivity index (χ1n) is 5.87. The van der Waals surface area contributed by atoms with Crippen molar-refractivity contribution in [3.8, 4) is 0 Å². The number of nitrogens with one attached hydrogen (secondary N) is 1. The van der Waals surface area contributed by atoms with E-state index in [0.29, 0.717) is 4.70 Å². The molecule has 0 saturated heterocycles. The fourth-order valence-electron chi connectivity index (χ4n) is 1.52. The van der Waals surface area contributed by atoms with Crippen molar-refractivity contribution in [2.45, 2.75) is 26.9 Å². The molecule has 0 spiro atoms. The molecule has 2 aromatic rings. The van der Waals surface area contributed by atoms with Crippen LogP contribution in [0.2, 0.25) is 0 Å². The number of fused-ring (bicyclic) bond motifs is 1. The van der Waals surface area contributed by atoms with Crippen LogP contribution in [0.3, 0.4) is 0 Å². The highest BCUT2D eigenvalue weighted by Gasteiger charge is 2.34. The van der Waals surface area contributed by atoms with E-state index < -0.39 is 17.2 Å². The highest BCUT2D eigenvalue weighted by molar-refractivity contribution is 7.22. The summed E-state index contributed by atoms with van der Waals surface area (Å²) in [6.07, 6.45) is -4.46. The smallest absolute Gasteiger partial charge is 0.301 e. The summed E-state index contributed by atoms with van der Waals surface area (Å²) in [4.78, 5) is 15.7. The maximum atomic E-state index is 12.9. The van der Waals surface area contributed by atoms with Gasteiger partial charge in [-0.05, 0) is 12.1 Å². The molecule has 0 bridgehead atoms. The topological polar surface area (TPSA) is 42.0 Å². The lowest BCUT2D eigenvalue weighted by atomic mass is 9.96. The fraction of sp³-hybridized carbons (Fsp3) is 0.385. The molecule has 7 heteroatoms. The first kappa shape index (κ1) is 14.8. The Morgan fingerprint density at radius 3 is 2.45 bits per heavy atom. The number of amides is 1. The number of hydrogen-bond donors (Lipinski definition) is 1. The molecule has 0 unspecified atom stereocenters. The molecule has 3 nitrogen and oxygen atoms in total. The molecule has 0 fully saturated rings. The molecular weight excluding hydrogens is 289 g/mol. The van der Waals surface area contributed by atoms with Crippen molar-refractivity contribution >= 4 is 32.6 Å². The van der Waals surface area contributed by atoms with E-state index in [1.54, 1.807) is 26.8 Å². The Labute approximate surface area is 117 Å². The minimum Gasteiger partial charge on any atom is -0.301 e. The van der Waals surface area contributed by atoms with Crippen LogP contribution in [0.1, 0.15) is 26.3 Å². The Morgan fingerprint density at radius 2 is 1.90 bits per heavy atom. The largest absolute Gasteiger partial charge is 0.418 e. The Kier molecular flexibility index (Phi) is 3.49. The monoisotopic (exact) mass is 302 g/mol. The van der Waals surface area contributed by atoms with Crippen molar-refractivity contribution in [2.24, 2.45) is 5.41 Å². The van der Waals surface area contributed by atoms with Gasteiger partial charge in [-0.1, -0.05) is 38.2 Å². The lowest BCUT2D eigenvalue weighted by Crippen LogP contribution is -2.27. The van der Waals surface area contributed by atoms with Gasteiger partial charge in [0.15, 0.2) is 5.13 Å². The maximum Gasteiger partial charge on any atom is 0.418 e. The van der Waals surface area contributed by atoms with Gasteiger partial charge in [0.2, 0.25) is 5.91 Å². The molecule has 1 aromatic heterocycles. The summed E-state index contributed by atoms with van der Waals surface area (Å²) in [5.41, 5.74) is -1.55. The number of carbonyl (C=O) groups is 1. The summed E-state index contributed by atoms with van der Waals surface area (Å²) in [5.74, 6) is -0.287. The molecule has 20 heavy (non-hydrogen) atoms. The van der Waals surface area contributed by atoms with Crippen molar-refractivity contribution in [3.63, 3.8) is 0 Å². The number of thiazole rings is 1. The van der Waals surface area contributed by atoms with Crippen LogP contribution in [0.5, 0.6) is 0 Å². The molecule has 0 radical (unpaired) electrons. The third-order valence-corrected chi connectivity index (χ3v) is 3.56. The number of halogens is 3. The standard InChI is InChI=1S/C13H13F3N2OS/c1-12(2,3)10(19)18-11-17-9-7(13(14,15)16)5-4-6-8(9)20-11/h4-6H,1-3H3,(H,17,18,19). The van der Waals surface area contributed by atoms with Gasteiger partial charge in [-0.3, -0.25) is 4.79 Å². The van der Waals surface area contributed by atoms with Crippen molar-refractivity contribution < 1.29 is 18.0 Å². The van der Waals surface area contributed by atoms with Crippen LogP contribution in [0, 0.1) is 5.41 Å². The number of carbonyl (C=O) groups excluding carboxylic acids is 1. The Hall–Kier alpha value is -1.63. The zero-order chi connectivity index (χ0) is 15.1. The van der Waals surface area contributed by atoms with Crippen LogP contribution in [0.25, 0.3) is 10.2 Å². The van der Waals surface area contributed by atoms with Crippen molar-refractivity contribution in [1.29, 1.82) is 0 Å². The molecule has 1 amide bonds. The predicted molar refractivity (Wildman–Crippen MR) is 72.7 cm³/mol. The van der Waals surface area contributed by atoms with E-state index in [1.165, 1.54) is 6.07 Å². The van der Waals surface area contributed by atoms with E-state index in [1.807, 2.05) is 0 Å². The molecule has 0 aliphatic carbocycles. The number of hydrogen-bond acceptors (Lipinski definition) is 3. The number of nitrogens with zero attached hydrogens (tertiary/aromatic N) is 1. The number of aromatic nitrogens is 1. The SMILES string of the molecule is CC(C)(C)C(=O)Nc1nc2c(C(F)(F)F)cccc2s1. The second-order valence-electron chi connectivity index (χ2n) is 5.37. The first-order valence-corrected chi connectivity index (χ1v) is 6.69. The molecule has 0 saturated carbocycles. The normalized spacial score (nSPS) is 12.7. The average molecular weight is 302 g/mol. The average Bonchev–Trinajstić information content (AvgIpc) is 2.67. The van der Waals surface area contributed by atoms with Gasteiger partial charge in [0, 0.05) is 5.41 Å². The van der Waals surface area contributed by atoms with Crippen LogP contribution < -0.4 is 5.32 Å². The first-order chi connectivity index (χ1) is 9.09. The lowest BCUT2D eigenvalue weighted by Gasteiger charge is -2.15. The molecule has 1 N–H and O–H groups in total. The van der Waals surface area contributed by atoms with E-state index >= 15 is 0 Å². The Morgan fingerprint density at radius 1 is 1.25 bits per heavy atom. The molecule has 1 heterocycles. The van der Waals surface area contributed by atoms with E-state index in [0.717, 1.165) is 17.4 Å². The lowest BCUT2D eigenvalue weighted by molar-refractivity contribution is -0.136. The summed E-state index contributed by atoms with van der Waals surface area (Å²) in [5, 5.41) is 2.73. The van der Waals surface area contributed by atoms with Crippen LogP contribution in [0.15, 0.2) is 18.2 Å². The van der Waals surface area contributed by atoms with Crippen LogP contribution in [-0.4, -0.2) is 10.9 Å².